The quantitative estimate of drug-likeness (QED) is 0.443. The van der Waals surface area contributed by atoms with Gasteiger partial charge in [0.15, 0.2) is 0 Å². The van der Waals surface area contributed by atoms with Gasteiger partial charge in [-0.15, -0.1) is 0 Å². The Morgan fingerprint density at radius 3 is 2.75 bits per heavy atom. The molecule has 0 atom stereocenters. The van der Waals surface area contributed by atoms with E-state index in [1.165, 1.54) is 0 Å². The van der Waals surface area contributed by atoms with E-state index in [2.05, 4.69) is 15.8 Å². The van der Waals surface area contributed by atoms with Crippen molar-refractivity contribution in [3.05, 3.63) is 17.2 Å². The third kappa shape index (κ3) is 3.07. The minimum Gasteiger partial charge on any atom is -0.378 e. The van der Waals surface area contributed by atoms with Crippen LogP contribution in [0.15, 0.2) is 22.1 Å². The van der Waals surface area contributed by atoms with Gasteiger partial charge in [-0.2, -0.15) is 0 Å². The molecule has 3 nitrogen and oxygen atoms in total. The van der Waals surface area contributed by atoms with E-state index in [-0.39, 0.29) is 58.2 Å². The van der Waals surface area contributed by atoms with Crippen LogP contribution in [0.1, 0.15) is 6.92 Å². The monoisotopic (exact) mass is 181 g/mol. The van der Waals surface area contributed by atoms with Crippen molar-refractivity contribution in [1.82, 2.24) is 0 Å². The van der Waals surface area contributed by atoms with Crippen LogP contribution in [0.5, 0.6) is 0 Å². The van der Waals surface area contributed by atoms with Crippen LogP contribution in [-0.2, 0) is 0 Å². The zero-order chi connectivity index (χ0) is 5.11. The summed E-state index contributed by atoms with van der Waals surface area (Å²) in [5.74, 6) is 0. The van der Waals surface area contributed by atoms with Crippen LogP contribution in [0.4, 0.5) is 0 Å². The maximum atomic E-state index is 3.65. The average molecular weight is 182 g/mol. The zero-order valence-electron chi connectivity index (χ0n) is 5.13. The van der Waals surface area contributed by atoms with E-state index in [4.69, 9.17) is 0 Å². The molecule has 8 heavy (non-hydrogen) atoms. The van der Waals surface area contributed by atoms with Gasteiger partial charge in [0.2, 0.25) is 0 Å². The van der Waals surface area contributed by atoms with Crippen LogP contribution in [0, 0.1) is 0 Å². The minimum atomic E-state index is 0. The van der Waals surface area contributed by atoms with Crippen LogP contribution in [-0.4, -0.2) is 6.54 Å². The molecule has 0 aliphatic carbocycles. The number of hydrogen-bond donors (Lipinski definition) is 0. The normalized spacial score (nSPS) is 15.9. The van der Waals surface area contributed by atoms with Gasteiger partial charge in [0.1, 0.15) is 0 Å². The SMILES string of the molecule is CC1=C[N-]N=NC1.[Rb+]. The van der Waals surface area contributed by atoms with Crippen molar-refractivity contribution in [2.24, 2.45) is 10.3 Å². The summed E-state index contributed by atoms with van der Waals surface area (Å²) in [6.07, 6.45) is 1.72. The molecule has 1 aliphatic heterocycles. The van der Waals surface area contributed by atoms with Gasteiger partial charge in [0, 0.05) is 0 Å². The molecule has 38 valence electrons. The van der Waals surface area contributed by atoms with E-state index in [0.717, 1.165) is 5.57 Å². The molecule has 0 fully saturated rings. The summed E-state index contributed by atoms with van der Waals surface area (Å²) in [6.45, 7) is 2.69. The smallest absolute Gasteiger partial charge is 0.378 e. The summed E-state index contributed by atoms with van der Waals surface area (Å²) in [7, 11) is 0. The molecule has 0 aromatic carbocycles. The molecule has 0 radical (unpaired) electrons. The van der Waals surface area contributed by atoms with E-state index in [0.29, 0.717) is 6.54 Å². The molecule has 0 saturated heterocycles. The number of nitrogens with zero attached hydrogens (tertiary/aromatic N) is 3. The fraction of sp³-hybridized carbons (Fsp3) is 0.500. The second-order valence-electron chi connectivity index (χ2n) is 1.48. The first-order valence-corrected chi connectivity index (χ1v) is 2.12. The number of hydrogen-bond acceptors (Lipinski definition) is 2. The standard InChI is InChI=1S/C4H6N3.Rb/c1-4-2-5-7-6-3-4;/h2H,3H2,1H3;/q-1;+1. The largest absolute Gasteiger partial charge is 1.00 e. The first kappa shape index (κ1) is 8.95. The van der Waals surface area contributed by atoms with Crippen molar-refractivity contribution in [3.8, 4) is 0 Å². The summed E-state index contributed by atoms with van der Waals surface area (Å²) >= 11 is 0. The second kappa shape index (κ2) is 4.79. The molecule has 1 heterocycles. The zero-order valence-corrected chi connectivity index (χ0v) is 10.0. The van der Waals surface area contributed by atoms with E-state index < -0.39 is 0 Å². The van der Waals surface area contributed by atoms with Crippen molar-refractivity contribution in [1.29, 1.82) is 0 Å². The van der Waals surface area contributed by atoms with Gasteiger partial charge < -0.3 is 10.5 Å². The van der Waals surface area contributed by atoms with Gasteiger partial charge in [0.05, 0.1) is 0 Å². The molecule has 0 unspecified atom stereocenters. The van der Waals surface area contributed by atoms with Crippen molar-refractivity contribution in [3.63, 3.8) is 0 Å². The van der Waals surface area contributed by atoms with Gasteiger partial charge in [-0.1, -0.05) is 11.8 Å². The van der Waals surface area contributed by atoms with Crippen molar-refractivity contribution in [2.45, 2.75) is 6.92 Å². The molecule has 0 N–H and O–H groups in total. The summed E-state index contributed by atoms with van der Waals surface area (Å²) in [6, 6.07) is 0. The molecule has 1 aliphatic rings. The fourth-order valence-corrected chi connectivity index (χ4v) is 0.345. The third-order valence-corrected chi connectivity index (χ3v) is 0.713. The van der Waals surface area contributed by atoms with Crippen LogP contribution < -0.4 is 58.2 Å². The first-order valence-electron chi connectivity index (χ1n) is 2.12. The maximum absolute atomic E-state index is 3.65. The summed E-state index contributed by atoms with van der Waals surface area (Å²) in [5, 5.41) is 7.05. The molecule has 0 aromatic rings. The van der Waals surface area contributed by atoms with Crippen LogP contribution >= 0.6 is 0 Å². The molecule has 0 aromatic heterocycles. The summed E-state index contributed by atoms with van der Waals surface area (Å²) < 4.78 is 0. The van der Waals surface area contributed by atoms with Crippen LogP contribution in [0.3, 0.4) is 0 Å². The Bertz CT molecular complexity index is 118. The van der Waals surface area contributed by atoms with Gasteiger partial charge in [0.25, 0.3) is 0 Å². The Labute approximate surface area is 97.4 Å². The topological polar surface area (TPSA) is 38.8 Å². The van der Waals surface area contributed by atoms with E-state index >= 15 is 0 Å². The van der Waals surface area contributed by atoms with Gasteiger partial charge >= 0.3 is 58.2 Å². The maximum Gasteiger partial charge on any atom is 1.00 e. The molecular weight excluding hydrogens is 176 g/mol. The Hall–Kier alpha value is 0.945. The molecular formula is C4H6N3Rb. The van der Waals surface area contributed by atoms with Crippen molar-refractivity contribution >= 4 is 0 Å². The summed E-state index contributed by atoms with van der Waals surface area (Å²) in [5.41, 5.74) is 4.72. The Kier molecular flexibility index (Phi) is 5.36. The molecule has 0 spiro atoms. The third-order valence-electron chi connectivity index (χ3n) is 0.713. The van der Waals surface area contributed by atoms with Crippen molar-refractivity contribution < 1.29 is 58.2 Å². The fourth-order valence-electron chi connectivity index (χ4n) is 0.345. The Morgan fingerprint density at radius 2 is 2.50 bits per heavy atom. The van der Waals surface area contributed by atoms with Crippen LogP contribution in [0.25, 0.3) is 5.43 Å². The molecule has 0 bridgehead atoms. The van der Waals surface area contributed by atoms with E-state index in [9.17, 15) is 0 Å². The van der Waals surface area contributed by atoms with Gasteiger partial charge in [-0.25, -0.2) is 0 Å². The average Bonchev–Trinajstić information content (AvgIpc) is 1.69. The van der Waals surface area contributed by atoms with Crippen molar-refractivity contribution in [2.75, 3.05) is 6.54 Å². The second-order valence-corrected chi connectivity index (χ2v) is 1.48. The number of rotatable bonds is 0. The van der Waals surface area contributed by atoms with Gasteiger partial charge in [-0.3, -0.25) is 5.22 Å². The minimum absolute atomic E-state index is 0. The van der Waals surface area contributed by atoms with Gasteiger partial charge in [-0.05, 0) is 13.5 Å². The molecule has 4 heteroatoms. The summed E-state index contributed by atoms with van der Waals surface area (Å²) in [4.78, 5) is 0. The Balaban J connectivity index is 0.000000490. The predicted octanol–water partition coefficient (Wildman–Crippen LogP) is -1.35. The van der Waals surface area contributed by atoms with E-state index in [1.54, 1.807) is 6.20 Å². The van der Waals surface area contributed by atoms with E-state index in [1.807, 2.05) is 6.92 Å². The van der Waals surface area contributed by atoms with Crippen LogP contribution in [0.2, 0.25) is 0 Å². The molecule has 1 rings (SSSR count). The Morgan fingerprint density at radius 1 is 1.75 bits per heavy atom. The predicted molar refractivity (Wildman–Crippen MR) is 26.8 cm³/mol. The molecule has 0 saturated carbocycles. The molecule has 0 amide bonds. The first-order chi connectivity index (χ1) is 3.39.